The van der Waals surface area contributed by atoms with Gasteiger partial charge < -0.3 is 4.52 Å². The van der Waals surface area contributed by atoms with E-state index in [1.165, 1.54) is 102 Å². The van der Waals surface area contributed by atoms with Gasteiger partial charge in [-0.05, 0) is 25.0 Å². The first-order valence-electron chi connectivity index (χ1n) is 13.9. The van der Waals surface area contributed by atoms with Crippen LogP contribution in [-0.4, -0.2) is 5.16 Å². The van der Waals surface area contributed by atoms with Crippen LogP contribution in [-0.2, 0) is 0 Å². The van der Waals surface area contributed by atoms with E-state index < -0.39 is 0 Å². The van der Waals surface area contributed by atoms with Crippen molar-refractivity contribution in [3.63, 3.8) is 0 Å². The second kappa shape index (κ2) is 25.9. The van der Waals surface area contributed by atoms with Crippen molar-refractivity contribution in [3.8, 4) is 0 Å². The number of hydrogen-bond acceptors (Lipinski definition) is 2. The second-order valence-electron chi connectivity index (χ2n) is 8.66. The molecular weight excluding hydrogens is 390 g/mol. The van der Waals surface area contributed by atoms with Crippen LogP contribution in [0.3, 0.4) is 0 Å². The minimum absolute atomic E-state index is 0.907. The first-order chi connectivity index (χ1) is 15.6. The van der Waals surface area contributed by atoms with Crippen LogP contribution in [0.1, 0.15) is 149 Å². The van der Waals surface area contributed by atoms with Gasteiger partial charge in [0.05, 0.1) is 6.20 Å². The Labute approximate surface area is 201 Å². The molecule has 0 atom stereocenters. The van der Waals surface area contributed by atoms with Crippen LogP contribution in [0.2, 0.25) is 0 Å². The first-order valence-corrected chi connectivity index (χ1v) is 13.9. The normalized spacial score (nSPS) is 9.88. The molecule has 2 nitrogen and oxygen atoms in total. The molecule has 0 unspecified atom stereocenters. The molecule has 1 aromatic heterocycles. The molecule has 0 N–H and O–H groups in total. The molecule has 2 heteroatoms. The summed E-state index contributed by atoms with van der Waals surface area (Å²) in [4.78, 5) is 0. The third-order valence-corrected chi connectivity index (χ3v) is 5.60. The number of rotatable bonds is 13. The minimum Gasteiger partial charge on any atom is -0.356 e. The summed E-state index contributed by atoms with van der Waals surface area (Å²) in [6.07, 6.45) is 23.2. The molecule has 0 aliphatic rings. The zero-order valence-corrected chi connectivity index (χ0v) is 23.2. The van der Waals surface area contributed by atoms with Crippen molar-refractivity contribution < 1.29 is 4.52 Å². The van der Waals surface area contributed by atoms with Gasteiger partial charge in [-0.2, -0.15) is 0 Å². The van der Waals surface area contributed by atoms with Gasteiger partial charge in [0.2, 0.25) is 0 Å². The third-order valence-electron chi connectivity index (χ3n) is 5.60. The summed E-state index contributed by atoms with van der Waals surface area (Å²) in [5.74, 6) is 0. The zero-order chi connectivity index (χ0) is 24.5. The summed E-state index contributed by atoms with van der Waals surface area (Å²) in [5.41, 5.74) is 3.26. The number of hydrogen-bond donors (Lipinski definition) is 0. The van der Waals surface area contributed by atoms with Gasteiger partial charge in [-0.25, -0.2) is 0 Å². The van der Waals surface area contributed by atoms with Gasteiger partial charge in [-0.15, -0.1) is 0 Å². The summed E-state index contributed by atoms with van der Waals surface area (Å²) in [6, 6.07) is 4.12. The van der Waals surface area contributed by atoms with E-state index in [9.17, 15) is 0 Å². The highest BCUT2D eigenvalue weighted by atomic mass is 16.5. The summed E-state index contributed by atoms with van der Waals surface area (Å²) in [7, 11) is 0. The number of aromatic nitrogens is 1. The van der Waals surface area contributed by atoms with Gasteiger partial charge in [-0.3, -0.25) is 0 Å². The van der Waals surface area contributed by atoms with Crippen molar-refractivity contribution >= 4 is 11.0 Å². The third kappa shape index (κ3) is 18.3. The molecule has 0 aliphatic heterocycles. The molecular formula is C30H57NO. The first kappa shape index (κ1) is 32.9. The molecule has 0 bridgehead atoms. The molecule has 0 spiro atoms. The number of aryl methyl sites for hydroxylation is 2. The molecule has 0 saturated carbocycles. The molecule has 0 radical (unpaired) electrons. The predicted molar refractivity (Wildman–Crippen MR) is 147 cm³/mol. The molecule has 2 aromatic rings. The topological polar surface area (TPSA) is 26.0 Å². The maximum Gasteiger partial charge on any atom is 0.169 e. The van der Waals surface area contributed by atoms with E-state index >= 15 is 0 Å². The van der Waals surface area contributed by atoms with Crippen molar-refractivity contribution in [1.82, 2.24) is 5.16 Å². The lowest BCUT2D eigenvalue weighted by Crippen LogP contribution is -1.77. The van der Waals surface area contributed by atoms with E-state index in [-0.39, 0.29) is 0 Å². The van der Waals surface area contributed by atoms with Crippen molar-refractivity contribution in [1.29, 1.82) is 0 Å². The SMILES string of the molecule is CC.CCCCCCCCC.CCCCCCCCCC.Cc1ccc(C)c2oncc12. The molecule has 0 amide bonds. The van der Waals surface area contributed by atoms with Gasteiger partial charge in [0.15, 0.2) is 5.58 Å². The summed E-state index contributed by atoms with van der Waals surface area (Å²) >= 11 is 0. The van der Waals surface area contributed by atoms with E-state index in [0.29, 0.717) is 0 Å². The Bertz CT molecular complexity index is 552. The summed E-state index contributed by atoms with van der Waals surface area (Å²) in [5, 5.41) is 4.86. The van der Waals surface area contributed by atoms with Crippen LogP contribution < -0.4 is 0 Å². The van der Waals surface area contributed by atoms with Crippen molar-refractivity contribution in [3.05, 3.63) is 29.5 Å². The lowest BCUT2D eigenvalue weighted by Gasteiger charge is -1.97. The van der Waals surface area contributed by atoms with Gasteiger partial charge >= 0.3 is 0 Å². The fourth-order valence-corrected chi connectivity index (χ4v) is 3.46. The Morgan fingerprint density at radius 3 is 1.25 bits per heavy atom. The van der Waals surface area contributed by atoms with Crippen LogP contribution in [0.5, 0.6) is 0 Å². The van der Waals surface area contributed by atoms with Crippen LogP contribution in [0.25, 0.3) is 11.0 Å². The van der Waals surface area contributed by atoms with Crippen LogP contribution >= 0.6 is 0 Å². The fraction of sp³-hybridized carbons (Fsp3) is 0.767. The van der Waals surface area contributed by atoms with Crippen LogP contribution in [0.15, 0.2) is 22.9 Å². The Balaban J connectivity index is 0. The molecule has 0 aliphatic carbocycles. The van der Waals surface area contributed by atoms with Crippen molar-refractivity contribution in [2.75, 3.05) is 0 Å². The lowest BCUT2D eigenvalue weighted by molar-refractivity contribution is 0.455. The number of fused-ring (bicyclic) bond motifs is 1. The monoisotopic (exact) mass is 447 g/mol. The Kier molecular flexibility index (Phi) is 26.6. The standard InChI is InChI=1S/C10H22.C9H9NO.C9H20.C2H6/c1-3-5-7-9-10-8-6-4-2;1-6-3-4-7(2)9-8(6)5-10-11-9;1-3-5-7-9-8-6-4-2;1-2/h3-10H2,1-2H3;3-5H,1-2H3;3-9H2,1-2H3;1-2H3. The Morgan fingerprint density at radius 1 is 0.562 bits per heavy atom. The summed E-state index contributed by atoms with van der Waals surface area (Å²) in [6.45, 7) is 17.1. The maximum absolute atomic E-state index is 5.08. The van der Waals surface area contributed by atoms with Gasteiger partial charge in [0.1, 0.15) is 0 Å². The average molecular weight is 448 g/mol. The van der Waals surface area contributed by atoms with E-state index in [1.807, 2.05) is 26.8 Å². The van der Waals surface area contributed by atoms with Crippen molar-refractivity contribution in [2.24, 2.45) is 0 Å². The van der Waals surface area contributed by atoms with Gasteiger partial charge in [0.25, 0.3) is 0 Å². The molecule has 1 heterocycles. The van der Waals surface area contributed by atoms with E-state index in [2.05, 4.69) is 45.8 Å². The maximum atomic E-state index is 5.08. The minimum atomic E-state index is 0.907. The second-order valence-corrected chi connectivity index (χ2v) is 8.66. The molecule has 188 valence electrons. The van der Waals surface area contributed by atoms with Crippen LogP contribution in [0, 0.1) is 13.8 Å². The lowest BCUT2D eigenvalue weighted by atomic mass is 10.1. The molecule has 0 fully saturated rings. The molecule has 1 aromatic carbocycles. The highest BCUT2D eigenvalue weighted by molar-refractivity contribution is 5.82. The largest absolute Gasteiger partial charge is 0.356 e. The van der Waals surface area contributed by atoms with Gasteiger partial charge in [-0.1, -0.05) is 155 Å². The molecule has 32 heavy (non-hydrogen) atoms. The predicted octanol–water partition coefficient (Wildman–Crippen LogP) is 11.4. The quantitative estimate of drug-likeness (QED) is 0.285. The van der Waals surface area contributed by atoms with E-state index in [4.69, 9.17) is 4.52 Å². The van der Waals surface area contributed by atoms with E-state index in [0.717, 1.165) is 16.5 Å². The molecule has 2 rings (SSSR count). The average Bonchev–Trinajstić information content (AvgIpc) is 3.33. The smallest absolute Gasteiger partial charge is 0.169 e. The van der Waals surface area contributed by atoms with Gasteiger partial charge in [0, 0.05) is 5.39 Å². The van der Waals surface area contributed by atoms with Crippen molar-refractivity contribution in [2.45, 2.75) is 152 Å². The Morgan fingerprint density at radius 2 is 0.906 bits per heavy atom. The highest BCUT2D eigenvalue weighted by Gasteiger charge is 2.03. The molecule has 0 saturated heterocycles. The Hall–Kier alpha value is -1.31. The summed E-state index contributed by atoms with van der Waals surface area (Å²) < 4.78 is 5.08. The highest BCUT2D eigenvalue weighted by Crippen LogP contribution is 2.20. The van der Waals surface area contributed by atoms with E-state index in [1.54, 1.807) is 6.20 Å². The number of benzene rings is 1. The zero-order valence-electron chi connectivity index (χ0n) is 23.2. The number of nitrogens with zero attached hydrogens (tertiary/aromatic N) is 1. The number of unbranched alkanes of at least 4 members (excludes halogenated alkanes) is 13. The van der Waals surface area contributed by atoms with Crippen LogP contribution in [0.4, 0.5) is 0 Å². The fourth-order valence-electron chi connectivity index (χ4n) is 3.46.